The van der Waals surface area contributed by atoms with Crippen molar-refractivity contribution < 1.29 is 14.5 Å². The average Bonchev–Trinajstić information content (AvgIpc) is 3.16. The summed E-state index contributed by atoms with van der Waals surface area (Å²) in [5.74, 6) is 1.79. The molecular formula is C25H30Cl2N6O+2. The molecule has 0 saturated carbocycles. The van der Waals surface area contributed by atoms with E-state index in [4.69, 9.17) is 32.9 Å². The molecule has 2 aliphatic heterocycles. The topological polar surface area (TPSA) is 61.2 Å². The fraction of sp³-hybridized carbons (Fsp3) is 0.400. The van der Waals surface area contributed by atoms with Crippen molar-refractivity contribution in [1.29, 1.82) is 0 Å². The van der Waals surface area contributed by atoms with Gasteiger partial charge in [0.15, 0.2) is 11.6 Å². The van der Waals surface area contributed by atoms with Gasteiger partial charge in [-0.15, -0.1) is 10.2 Å². The number of hydrogen-bond acceptors (Lipinski definition) is 4. The van der Waals surface area contributed by atoms with Crippen LogP contribution in [0, 0.1) is 0 Å². The Morgan fingerprint density at radius 1 is 0.971 bits per heavy atom. The van der Waals surface area contributed by atoms with Crippen molar-refractivity contribution in [2.75, 3.05) is 45.9 Å². The van der Waals surface area contributed by atoms with Gasteiger partial charge in [-0.2, -0.15) is 0 Å². The zero-order valence-electron chi connectivity index (χ0n) is 19.4. The Hall–Kier alpha value is -2.29. The molecule has 9 heteroatoms. The van der Waals surface area contributed by atoms with Crippen molar-refractivity contribution in [1.82, 2.24) is 14.8 Å². The van der Waals surface area contributed by atoms with Crippen LogP contribution in [0.1, 0.15) is 29.7 Å². The Morgan fingerprint density at radius 3 is 2.56 bits per heavy atom. The molecule has 1 aromatic heterocycles. The summed E-state index contributed by atoms with van der Waals surface area (Å²) in [6.45, 7) is 10.5. The molecule has 0 aliphatic carbocycles. The van der Waals surface area contributed by atoms with E-state index in [2.05, 4.69) is 14.8 Å². The zero-order chi connectivity index (χ0) is 23.5. The Kier molecular flexibility index (Phi) is 7.27. The van der Waals surface area contributed by atoms with Crippen LogP contribution in [0.25, 0.3) is 5.69 Å². The number of nitrogens with one attached hydrogen (secondary N) is 2. The third-order valence-electron chi connectivity index (χ3n) is 6.64. The van der Waals surface area contributed by atoms with E-state index < -0.39 is 0 Å². The molecule has 7 nitrogen and oxygen atoms in total. The molecule has 1 saturated heterocycles. The van der Waals surface area contributed by atoms with Crippen molar-refractivity contribution in [3.05, 3.63) is 75.3 Å². The van der Waals surface area contributed by atoms with Gasteiger partial charge in [0.1, 0.15) is 45.8 Å². The maximum Gasteiger partial charge on any atom is 0.192 e. The van der Waals surface area contributed by atoms with Gasteiger partial charge in [-0.3, -0.25) is 9.56 Å². The van der Waals surface area contributed by atoms with E-state index in [1.807, 2.05) is 49.4 Å². The zero-order valence-corrected chi connectivity index (χ0v) is 20.9. The monoisotopic (exact) mass is 500 g/mol. The smallest absolute Gasteiger partial charge is 0.192 e. The number of aromatic nitrogens is 3. The van der Waals surface area contributed by atoms with Gasteiger partial charge < -0.3 is 14.5 Å². The Bertz CT molecular complexity index is 1190. The average molecular weight is 501 g/mol. The van der Waals surface area contributed by atoms with Crippen molar-refractivity contribution in [2.24, 2.45) is 4.99 Å². The second kappa shape index (κ2) is 10.5. The van der Waals surface area contributed by atoms with E-state index in [9.17, 15) is 0 Å². The van der Waals surface area contributed by atoms with E-state index >= 15 is 0 Å². The van der Waals surface area contributed by atoms with Gasteiger partial charge in [0.05, 0.1) is 18.0 Å². The Balaban J connectivity index is 1.41. The fourth-order valence-electron chi connectivity index (χ4n) is 4.83. The highest BCUT2D eigenvalue weighted by molar-refractivity contribution is 6.36. The first-order valence-corrected chi connectivity index (χ1v) is 12.7. The largest absolute Gasteiger partial charge is 0.376 e. The molecule has 0 amide bonds. The molecule has 2 aliphatic rings. The van der Waals surface area contributed by atoms with Gasteiger partial charge in [0.2, 0.25) is 0 Å². The minimum absolute atomic E-state index is 0.435. The summed E-state index contributed by atoms with van der Waals surface area (Å²) in [7, 11) is 0. The summed E-state index contributed by atoms with van der Waals surface area (Å²) in [5.41, 5.74) is 3.67. The molecule has 5 rings (SSSR count). The molecule has 34 heavy (non-hydrogen) atoms. The number of halogens is 2. The third-order valence-corrected chi connectivity index (χ3v) is 7.20. The quantitative estimate of drug-likeness (QED) is 0.480. The summed E-state index contributed by atoms with van der Waals surface area (Å²) < 4.78 is 7.70. The minimum Gasteiger partial charge on any atom is -0.376 e. The third kappa shape index (κ3) is 4.90. The van der Waals surface area contributed by atoms with Crippen LogP contribution >= 0.6 is 23.2 Å². The van der Waals surface area contributed by atoms with Gasteiger partial charge in [-0.25, -0.2) is 0 Å². The highest BCUT2D eigenvalue weighted by Gasteiger charge is 2.28. The summed E-state index contributed by atoms with van der Waals surface area (Å²) >= 11 is 13.0. The summed E-state index contributed by atoms with van der Waals surface area (Å²) in [4.78, 5) is 8.06. The minimum atomic E-state index is 0.435. The number of rotatable bonds is 7. The maximum absolute atomic E-state index is 6.55. The van der Waals surface area contributed by atoms with Gasteiger partial charge in [0.25, 0.3) is 0 Å². The van der Waals surface area contributed by atoms with Gasteiger partial charge in [-0.05, 0) is 31.2 Å². The lowest BCUT2D eigenvalue weighted by Crippen LogP contribution is -3.27. The number of aliphatic imine (C=N–C) groups is 1. The van der Waals surface area contributed by atoms with Crippen molar-refractivity contribution >= 4 is 28.9 Å². The first-order valence-electron chi connectivity index (χ1n) is 11.9. The van der Waals surface area contributed by atoms with Crippen LogP contribution < -0.4 is 9.80 Å². The highest BCUT2D eigenvalue weighted by Crippen LogP contribution is 2.30. The normalized spacial score (nSPS) is 19.8. The summed E-state index contributed by atoms with van der Waals surface area (Å²) in [5, 5.41) is 10.4. The van der Waals surface area contributed by atoms with Crippen LogP contribution in [-0.2, 0) is 17.8 Å². The SMILES string of the molecule is CCOCC[NH+]1CC[NH+](Cc2nnc3n2-c2ccc(Cl)cc2C(c2ccccc2Cl)=NC3)CC1. The van der Waals surface area contributed by atoms with E-state index in [0.29, 0.717) is 16.6 Å². The molecule has 2 aromatic carbocycles. The molecule has 2 N–H and O–H groups in total. The highest BCUT2D eigenvalue weighted by atomic mass is 35.5. The number of hydrogen-bond donors (Lipinski definition) is 2. The van der Waals surface area contributed by atoms with Gasteiger partial charge in [0, 0.05) is 27.8 Å². The van der Waals surface area contributed by atoms with Crippen LogP contribution in [0.3, 0.4) is 0 Å². The number of ether oxygens (including phenoxy) is 1. The number of quaternary nitrogens is 2. The van der Waals surface area contributed by atoms with Crippen molar-refractivity contribution in [2.45, 2.75) is 20.0 Å². The first-order chi connectivity index (χ1) is 16.6. The van der Waals surface area contributed by atoms with E-state index in [1.54, 1.807) is 4.90 Å². The molecule has 0 radical (unpaired) electrons. The van der Waals surface area contributed by atoms with Crippen molar-refractivity contribution in [3.63, 3.8) is 0 Å². The van der Waals surface area contributed by atoms with Crippen LogP contribution in [-0.4, -0.2) is 66.4 Å². The summed E-state index contributed by atoms with van der Waals surface area (Å²) in [6.07, 6.45) is 0. The van der Waals surface area contributed by atoms with E-state index in [1.165, 1.54) is 4.90 Å². The van der Waals surface area contributed by atoms with Gasteiger partial charge in [-0.1, -0.05) is 41.4 Å². The Morgan fingerprint density at radius 2 is 1.76 bits per heavy atom. The lowest BCUT2D eigenvalue weighted by Gasteiger charge is -2.29. The van der Waals surface area contributed by atoms with Crippen molar-refractivity contribution in [3.8, 4) is 5.69 Å². The molecule has 1 fully saturated rings. The van der Waals surface area contributed by atoms with E-state index in [0.717, 1.165) is 86.7 Å². The second-order valence-corrected chi connectivity index (χ2v) is 9.64. The standard InChI is InChI=1S/C25H28Cl2N6O/c1-2-34-14-13-31-9-11-32(12-10-31)17-24-30-29-23-16-28-25(19-5-3-4-6-21(19)27)20-15-18(26)7-8-22(20)33(23)24/h3-8,15H,2,9-14,16-17H2,1H3/p+2. The molecule has 0 bridgehead atoms. The van der Waals surface area contributed by atoms with E-state index in [-0.39, 0.29) is 0 Å². The maximum atomic E-state index is 6.55. The van der Waals surface area contributed by atoms with Crippen LogP contribution in [0.15, 0.2) is 47.5 Å². The molecule has 0 spiro atoms. The van der Waals surface area contributed by atoms with Gasteiger partial charge >= 0.3 is 0 Å². The Labute approximate surface area is 210 Å². The molecule has 0 unspecified atom stereocenters. The lowest BCUT2D eigenvalue weighted by molar-refractivity contribution is -1.02. The number of benzene rings is 2. The van der Waals surface area contributed by atoms with Crippen LogP contribution in [0.4, 0.5) is 0 Å². The molecule has 3 heterocycles. The second-order valence-electron chi connectivity index (χ2n) is 8.80. The predicted molar refractivity (Wildman–Crippen MR) is 134 cm³/mol. The predicted octanol–water partition coefficient (Wildman–Crippen LogP) is 1.25. The number of piperazine rings is 1. The summed E-state index contributed by atoms with van der Waals surface area (Å²) in [6, 6.07) is 13.7. The number of fused-ring (bicyclic) bond motifs is 3. The lowest BCUT2D eigenvalue weighted by atomic mass is 10.0. The molecule has 0 atom stereocenters. The molecular weight excluding hydrogens is 471 g/mol. The molecule has 3 aromatic rings. The first kappa shape index (κ1) is 23.5. The molecule has 178 valence electrons. The number of nitrogens with zero attached hydrogens (tertiary/aromatic N) is 4. The van der Waals surface area contributed by atoms with Crippen LogP contribution in [0.2, 0.25) is 10.0 Å². The fourth-order valence-corrected chi connectivity index (χ4v) is 5.23. The van der Waals surface area contributed by atoms with Crippen LogP contribution in [0.5, 0.6) is 0 Å².